The molecule has 0 aliphatic heterocycles. The van der Waals surface area contributed by atoms with E-state index < -0.39 is 0 Å². The number of hydrogen-bond acceptors (Lipinski definition) is 4. The highest BCUT2D eigenvalue weighted by Gasteiger charge is 2.43. The van der Waals surface area contributed by atoms with E-state index in [2.05, 4.69) is 39.8 Å². The summed E-state index contributed by atoms with van der Waals surface area (Å²) in [5, 5.41) is 11.3. The van der Waals surface area contributed by atoms with Crippen LogP contribution in [0, 0.1) is 0 Å². The number of benzene rings is 1. The second-order valence-electron chi connectivity index (χ2n) is 4.75. The second kappa shape index (κ2) is 4.90. The van der Waals surface area contributed by atoms with Crippen LogP contribution in [0.5, 0.6) is 0 Å². The lowest BCUT2D eigenvalue weighted by Crippen LogP contribution is -2.10. The van der Waals surface area contributed by atoms with Crippen molar-refractivity contribution in [2.45, 2.75) is 24.7 Å². The second-order valence-corrected chi connectivity index (χ2v) is 4.75. The van der Waals surface area contributed by atoms with E-state index in [-0.39, 0.29) is 0 Å². The van der Waals surface area contributed by atoms with E-state index >= 15 is 0 Å². The first kappa shape index (κ1) is 11.4. The Balaban J connectivity index is 1.65. The van der Waals surface area contributed by atoms with Crippen LogP contribution in [0.15, 0.2) is 34.7 Å². The first-order valence-corrected chi connectivity index (χ1v) is 6.40. The third kappa shape index (κ3) is 2.29. The third-order valence-electron chi connectivity index (χ3n) is 3.41. The SMILES string of the molecule is CNCCc1nnc(C2CC2c2ccccc2)o1. The molecule has 0 amide bonds. The Bertz CT molecular complexity index is 509. The highest BCUT2D eigenvalue weighted by Crippen LogP contribution is 2.53. The molecule has 4 nitrogen and oxygen atoms in total. The van der Waals surface area contributed by atoms with Gasteiger partial charge in [0.1, 0.15) is 0 Å². The average Bonchev–Trinajstić information content (AvgIpc) is 3.09. The number of aromatic nitrogens is 2. The Morgan fingerprint density at radius 3 is 2.83 bits per heavy atom. The first-order chi connectivity index (χ1) is 8.88. The summed E-state index contributed by atoms with van der Waals surface area (Å²) in [4.78, 5) is 0. The number of nitrogens with zero attached hydrogens (tertiary/aromatic N) is 2. The average molecular weight is 243 g/mol. The Morgan fingerprint density at radius 1 is 1.22 bits per heavy atom. The minimum Gasteiger partial charge on any atom is -0.425 e. The summed E-state index contributed by atoms with van der Waals surface area (Å²) in [6, 6.07) is 10.5. The van der Waals surface area contributed by atoms with Gasteiger partial charge in [0, 0.05) is 18.9 Å². The number of nitrogens with one attached hydrogen (secondary N) is 1. The molecule has 1 fully saturated rings. The lowest BCUT2D eigenvalue weighted by atomic mass is 10.1. The van der Waals surface area contributed by atoms with Crippen molar-refractivity contribution in [2.24, 2.45) is 0 Å². The zero-order valence-electron chi connectivity index (χ0n) is 10.5. The molecule has 1 aliphatic carbocycles. The molecule has 2 atom stereocenters. The van der Waals surface area contributed by atoms with Crippen LogP contribution >= 0.6 is 0 Å². The summed E-state index contributed by atoms with van der Waals surface area (Å²) < 4.78 is 5.70. The lowest BCUT2D eigenvalue weighted by Gasteiger charge is -1.96. The number of rotatable bonds is 5. The molecule has 4 heteroatoms. The smallest absolute Gasteiger partial charge is 0.220 e. The van der Waals surface area contributed by atoms with Gasteiger partial charge in [-0.1, -0.05) is 30.3 Å². The molecule has 0 spiro atoms. The van der Waals surface area contributed by atoms with Crippen LogP contribution < -0.4 is 5.32 Å². The van der Waals surface area contributed by atoms with Crippen LogP contribution in [0.2, 0.25) is 0 Å². The van der Waals surface area contributed by atoms with Crippen molar-refractivity contribution >= 4 is 0 Å². The minimum atomic E-state index is 0.420. The van der Waals surface area contributed by atoms with Gasteiger partial charge in [0.25, 0.3) is 0 Å². The van der Waals surface area contributed by atoms with Crippen molar-refractivity contribution in [2.75, 3.05) is 13.6 Å². The van der Waals surface area contributed by atoms with E-state index in [9.17, 15) is 0 Å². The summed E-state index contributed by atoms with van der Waals surface area (Å²) in [6.45, 7) is 0.869. The fourth-order valence-corrected chi connectivity index (χ4v) is 2.29. The molecular formula is C14H17N3O. The maximum Gasteiger partial charge on any atom is 0.220 e. The van der Waals surface area contributed by atoms with Crippen LogP contribution in [0.4, 0.5) is 0 Å². The Labute approximate surface area is 106 Å². The molecule has 0 radical (unpaired) electrons. The van der Waals surface area contributed by atoms with E-state index in [0.717, 1.165) is 31.2 Å². The molecule has 1 aliphatic rings. The van der Waals surface area contributed by atoms with Gasteiger partial charge in [-0.15, -0.1) is 10.2 Å². The summed E-state index contributed by atoms with van der Waals surface area (Å²) in [5.41, 5.74) is 1.37. The Kier molecular flexibility index (Phi) is 3.11. The Morgan fingerprint density at radius 2 is 2.06 bits per heavy atom. The molecule has 1 aromatic heterocycles. The van der Waals surface area contributed by atoms with Crippen LogP contribution in [0.3, 0.4) is 0 Å². The van der Waals surface area contributed by atoms with Crippen LogP contribution in [0.1, 0.15) is 35.6 Å². The lowest BCUT2D eigenvalue weighted by molar-refractivity contribution is 0.446. The summed E-state index contributed by atoms with van der Waals surface area (Å²) >= 11 is 0. The molecule has 0 saturated heterocycles. The normalized spacial score (nSPS) is 22.1. The van der Waals surface area contributed by atoms with E-state index in [0.29, 0.717) is 11.8 Å². The number of hydrogen-bond donors (Lipinski definition) is 1. The summed E-state index contributed by atoms with van der Waals surface area (Å²) in [5.74, 6) is 2.51. The molecule has 1 heterocycles. The highest BCUT2D eigenvalue weighted by atomic mass is 16.4. The van der Waals surface area contributed by atoms with Gasteiger partial charge >= 0.3 is 0 Å². The van der Waals surface area contributed by atoms with Crippen molar-refractivity contribution in [3.8, 4) is 0 Å². The summed E-state index contributed by atoms with van der Waals surface area (Å²) in [7, 11) is 1.92. The predicted molar refractivity (Wildman–Crippen MR) is 68.5 cm³/mol. The van der Waals surface area contributed by atoms with Crippen LogP contribution in [-0.4, -0.2) is 23.8 Å². The van der Waals surface area contributed by atoms with Gasteiger partial charge in [-0.3, -0.25) is 0 Å². The van der Waals surface area contributed by atoms with Gasteiger partial charge in [0.2, 0.25) is 11.8 Å². The molecule has 0 bridgehead atoms. The van der Waals surface area contributed by atoms with Gasteiger partial charge in [0.15, 0.2) is 0 Å². The van der Waals surface area contributed by atoms with Gasteiger partial charge in [0.05, 0.1) is 0 Å². The topological polar surface area (TPSA) is 51.0 Å². The zero-order valence-corrected chi connectivity index (χ0v) is 10.5. The van der Waals surface area contributed by atoms with E-state index in [1.54, 1.807) is 0 Å². The van der Waals surface area contributed by atoms with Crippen molar-refractivity contribution < 1.29 is 4.42 Å². The molecule has 3 rings (SSSR count). The van der Waals surface area contributed by atoms with Crippen LogP contribution in [-0.2, 0) is 6.42 Å². The zero-order chi connectivity index (χ0) is 12.4. The molecule has 2 aromatic rings. The molecule has 2 unspecified atom stereocenters. The van der Waals surface area contributed by atoms with Gasteiger partial charge in [-0.25, -0.2) is 0 Å². The molecule has 1 saturated carbocycles. The maximum atomic E-state index is 5.70. The molecule has 1 aromatic carbocycles. The van der Waals surface area contributed by atoms with Crippen LogP contribution in [0.25, 0.3) is 0 Å². The van der Waals surface area contributed by atoms with E-state index in [1.165, 1.54) is 5.56 Å². The summed E-state index contributed by atoms with van der Waals surface area (Å²) in [6.07, 6.45) is 1.92. The monoisotopic (exact) mass is 243 g/mol. The highest BCUT2D eigenvalue weighted by molar-refractivity contribution is 5.30. The fraction of sp³-hybridized carbons (Fsp3) is 0.429. The van der Waals surface area contributed by atoms with E-state index in [4.69, 9.17) is 4.42 Å². The van der Waals surface area contributed by atoms with Crippen molar-refractivity contribution in [3.05, 3.63) is 47.7 Å². The first-order valence-electron chi connectivity index (χ1n) is 6.40. The maximum absolute atomic E-state index is 5.70. The fourth-order valence-electron chi connectivity index (χ4n) is 2.29. The predicted octanol–water partition coefficient (Wildman–Crippen LogP) is 2.10. The van der Waals surface area contributed by atoms with Gasteiger partial charge < -0.3 is 9.73 Å². The molecular weight excluding hydrogens is 226 g/mol. The quantitative estimate of drug-likeness (QED) is 0.873. The minimum absolute atomic E-state index is 0.420. The largest absolute Gasteiger partial charge is 0.425 e. The molecule has 18 heavy (non-hydrogen) atoms. The van der Waals surface area contributed by atoms with Gasteiger partial charge in [-0.05, 0) is 24.9 Å². The molecule has 1 N–H and O–H groups in total. The third-order valence-corrected chi connectivity index (χ3v) is 3.41. The Hall–Kier alpha value is -1.68. The molecule has 94 valence electrons. The van der Waals surface area contributed by atoms with Gasteiger partial charge in [-0.2, -0.15) is 0 Å². The van der Waals surface area contributed by atoms with Crippen molar-refractivity contribution in [3.63, 3.8) is 0 Å². The van der Waals surface area contributed by atoms with Crippen molar-refractivity contribution in [1.82, 2.24) is 15.5 Å². The number of likely N-dealkylation sites (N-methyl/N-ethyl adjacent to an activating group) is 1. The van der Waals surface area contributed by atoms with E-state index in [1.807, 2.05) is 13.1 Å². The van der Waals surface area contributed by atoms with Crippen molar-refractivity contribution in [1.29, 1.82) is 0 Å². The standard InChI is InChI=1S/C14H17N3O/c1-15-8-7-13-16-17-14(18-13)12-9-11(12)10-5-3-2-4-6-10/h2-6,11-12,15H,7-9H2,1H3.